The number of nitrogens with two attached hydrogens (primary N) is 1. The molecule has 0 fully saturated rings. The summed E-state index contributed by atoms with van der Waals surface area (Å²) in [6.45, 7) is 2.24. The van der Waals surface area contributed by atoms with E-state index in [0.717, 1.165) is 46.5 Å². The van der Waals surface area contributed by atoms with E-state index >= 15 is 0 Å². The normalized spacial score (nSPS) is 11.6. The predicted molar refractivity (Wildman–Crippen MR) is 155 cm³/mol. The maximum atomic E-state index is 6.58. The molecule has 3 N–H and O–H groups in total. The minimum absolute atomic E-state index is 0.424. The van der Waals surface area contributed by atoms with Crippen molar-refractivity contribution < 1.29 is 4.74 Å². The van der Waals surface area contributed by atoms with Gasteiger partial charge in [0.2, 0.25) is 5.95 Å². The summed E-state index contributed by atoms with van der Waals surface area (Å²) in [7, 11) is 9.87. The summed E-state index contributed by atoms with van der Waals surface area (Å²) in [4.78, 5) is 13.6. The Morgan fingerprint density at radius 2 is 1.95 bits per heavy atom. The molecule has 8 nitrogen and oxygen atoms in total. The second-order valence-corrected chi connectivity index (χ2v) is 9.57. The Morgan fingerprint density at radius 3 is 2.68 bits per heavy atom. The van der Waals surface area contributed by atoms with Crippen LogP contribution in [0.5, 0.6) is 5.75 Å². The van der Waals surface area contributed by atoms with Crippen LogP contribution in [0, 0.1) is 0 Å². The van der Waals surface area contributed by atoms with Gasteiger partial charge in [0, 0.05) is 68.1 Å². The van der Waals surface area contributed by atoms with E-state index in [1.165, 1.54) is 0 Å². The summed E-state index contributed by atoms with van der Waals surface area (Å²) in [5.41, 5.74) is 11.3. The van der Waals surface area contributed by atoms with E-state index in [1.807, 2.05) is 49.7 Å². The quantitative estimate of drug-likeness (QED) is 0.304. The van der Waals surface area contributed by atoms with Gasteiger partial charge in [0.15, 0.2) is 0 Å². The third-order valence-electron chi connectivity index (χ3n) is 6.22. The van der Waals surface area contributed by atoms with E-state index in [1.54, 1.807) is 13.3 Å². The Bertz CT molecular complexity index is 1410. The summed E-state index contributed by atoms with van der Waals surface area (Å²) in [5, 5.41) is 4.91. The molecule has 0 saturated heterocycles. The lowest BCUT2D eigenvalue weighted by molar-refractivity contribution is 0.413. The number of anilines is 3. The van der Waals surface area contributed by atoms with Crippen molar-refractivity contribution in [2.24, 2.45) is 12.8 Å². The maximum Gasteiger partial charge on any atom is 0.227 e. The fourth-order valence-corrected chi connectivity index (χ4v) is 4.44. The molecule has 2 aromatic heterocycles. The number of para-hydroxylation sites is 1. The van der Waals surface area contributed by atoms with Crippen molar-refractivity contribution in [3.8, 4) is 17.0 Å². The van der Waals surface area contributed by atoms with E-state index in [-0.39, 0.29) is 0 Å². The number of aryl methyl sites for hydroxylation is 1. The minimum atomic E-state index is 0.424. The number of nitrogens with zero attached hydrogens (tertiary/aromatic N) is 5. The molecule has 37 heavy (non-hydrogen) atoms. The Labute approximate surface area is 223 Å². The highest BCUT2D eigenvalue weighted by Gasteiger charge is 2.17. The summed E-state index contributed by atoms with van der Waals surface area (Å²) < 4.78 is 7.83. The number of ether oxygens (including phenoxy) is 1. The van der Waals surface area contributed by atoms with E-state index < -0.39 is 0 Å². The average molecular weight is 520 g/mol. The zero-order valence-electron chi connectivity index (χ0n) is 22.0. The highest BCUT2D eigenvalue weighted by atomic mass is 35.5. The van der Waals surface area contributed by atoms with Gasteiger partial charge in [0.25, 0.3) is 0 Å². The first-order valence-corrected chi connectivity index (χ1v) is 12.5. The van der Waals surface area contributed by atoms with Gasteiger partial charge in [-0.3, -0.25) is 0 Å². The monoisotopic (exact) mass is 519 g/mol. The number of aromatic nitrogens is 3. The molecule has 9 heteroatoms. The number of hydrogen-bond donors (Lipinski definition) is 2. The van der Waals surface area contributed by atoms with Gasteiger partial charge in [0.05, 0.1) is 29.7 Å². The van der Waals surface area contributed by atoms with Crippen LogP contribution in [0.1, 0.15) is 5.56 Å². The van der Waals surface area contributed by atoms with Crippen LogP contribution in [-0.2, 0) is 7.05 Å². The van der Waals surface area contributed by atoms with E-state index in [9.17, 15) is 0 Å². The Kier molecular flexibility index (Phi) is 8.33. The largest absolute Gasteiger partial charge is 0.494 e. The van der Waals surface area contributed by atoms with Gasteiger partial charge in [-0.25, -0.2) is 9.97 Å². The van der Waals surface area contributed by atoms with Gasteiger partial charge in [0.1, 0.15) is 5.75 Å². The van der Waals surface area contributed by atoms with E-state index in [0.29, 0.717) is 29.0 Å². The van der Waals surface area contributed by atoms with Gasteiger partial charge in [-0.2, -0.15) is 0 Å². The summed E-state index contributed by atoms with van der Waals surface area (Å²) >= 11 is 6.58. The van der Waals surface area contributed by atoms with Gasteiger partial charge in [-0.15, -0.1) is 0 Å². The molecular weight excluding hydrogens is 486 g/mol. The Hall–Kier alpha value is -3.59. The van der Waals surface area contributed by atoms with Crippen LogP contribution in [0.25, 0.3) is 28.2 Å². The van der Waals surface area contributed by atoms with Crippen LogP contribution in [-0.4, -0.2) is 67.3 Å². The molecule has 0 bridgehead atoms. The molecule has 0 aliphatic carbocycles. The van der Waals surface area contributed by atoms with Crippen molar-refractivity contribution in [3.05, 3.63) is 65.5 Å². The van der Waals surface area contributed by atoms with Crippen LogP contribution >= 0.6 is 11.6 Å². The van der Waals surface area contributed by atoms with E-state index in [2.05, 4.69) is 57.9 Å². The predicted octanol–water partition coefficient (Wildman–Crippen LogP) is 5.01. The topological polar surface area (TPSA) is 84.5 Å². The lowest BCUT2D eigenvalue weighted by Gasteiger charge is -2.25. The van der Waals surface area contributed by atoms with Crippen molar-refractivity contribution in [1.29, 1.82) is 0 Å². The van der Waals surface area contributed by atoms with Crippen LogP contribution in [0.2, 0.25) is 5.02 Å². The molecule has 0 amide bonds. The molecule has 0 unspecified atom stereocenters. The molecule has 0 atom stereocenters. The smallest absolute Gasteiger partial charge is 0.227 e. The molecule has 2 aromatic carbocycles. The Morgan fingerprint density at radius 1 is 1.16 bits per heavy atom. The third-order valence-corrected chi connectivity index (χ3v) is 6.50. The standard InChI is InChI=1S/C28H34ClN7O/c1-34(2)13-14-35(3)25-16-26(37-5)23(15-19(25)9-8-12-30)32-28-31-17-22(29)27(33-28)21-18-36(4)24-11-7-6-10-20(21)24/h6-11,15-18H,12-14,30H2,1-5H3,(H,31,32,33). The molecule has 0 aliphatic heterocycles. The number of likely N-dealkylation sites (N-methyl/N-ethyl adjacent to an activating group) is 2. The number of nitrogens with one attached hydrogen (secondary N) is 1. The second-order valence-electron chi connectivity index (χ2n) is 9.16. The first-order valence-electron chi connectivity index (χ1n) is 12.1. The number of methoxy groups -OCH3 is 1. The van der Waals surface area contributed by atoms with E-state index in [4.69, 9.17) is 27.1 Å². The molecule has 0 radical (unpaired) electrons. The lowest BCUT2D eigenvalue weighted by Crippen LogP contribution is -2.29. The maximum absolute atomic E-state index is 6.58. The summed E-state index contributed by atoms with van der Waals surface area (Å²) in [5.74, 6) is 1.11. The molecule has 4 rings (SSSR count). The molecule has 2 heterocycles. The molecule has 194 valence electrons. The van der Waals surface area contributed by atoms with Gasteiger partial charge < -0.3 is 30.2 Å². The van der Waals surface area contributed by atoms with Crippen molar-refractivity contribution in [2.75, 3.05) is 58.1 Å². The first-order chi connectivity index (χ1) is 17.8. The molecule has 0 spiro atoms. The highest BCUT2D eigenvalue weighted by molar-refractivity contribution is 6.33. The van der Waals surface area contributed by atoms with Crippen molar-refractivity contribution in [3.63, 3.8) is 0 Å². The number of benzene rings is 2. The SMILES string of the molecule is COc1cc(N(C)CCN(C)C)c(C=CCN)cc1Nc1ncc(Cl)c(-c2cn(C)c3ccccc23)n1. The van der Waals surface area contributed by atoms with Crippen molar-refractivity contribution in [1.82, 2.24) is 19.4 Å². The molecule has 4 aromatic rings. The number of halogens is 1. The molecule has 0 saturated carbocycles. The lowest BCUT2D eigenvalue weighted by atomic mass is 10.1. The van der Waals surface area contributed by atoms with Crippen LogP contribution in [0.3, 0.4) is 0 Å². The zero-order valence-corrected chi connectivity index (χ0v) is 22.8. The zero-order chi connectivity index (χ0) is 26.5. The number of fused-ring (bicyclic) bond motifs is 1. The van der Waals surface area contributed by atoms with Gasteiger partial charge in [-0.1, -0.05) is 42.0 Å². The third kappa shape index (κ3) is 5.88. The van der Waals surface area contributed by atoms with Crippen LogP contribution < -0.4 is 20.7 Å². The fourth-order valence-electron chi connectivity index (χ4n) is 4.25. The Balaban J connectivity index is 1.73. The van der Waals surface area contributed by atoms with Crippen LogP contribution in [0.15, 0.2) is 54.9 Å². The minimum Gasteiger partial charge on any atom is -0.494 e. The molecule has 0 aliphatic rings. The summed E-state index contributed by atoms with van der Waals surface area (Å²) in [6.07, 6.45) is 7.62. The fraction of sp³-hybridized carbons (Fsp3) is 0.286. The highest BCUT2D eigenvalue weighted by Crippen LogP contribution is 2.37. The number of rotatable bonds is 10. The van der Waals surface area contributed by atoms with Crippen molar-refractivity contribution in [2.45, 2.75) is 0 Å². The number of hydrogen-bond acceptors (Lipinski definition) is 7. The molecular formula is C28H34ClN7O. The summed E-state index contributed by atoms with van der Waals surface area (Å²) in [6, 6.07) is 12.2. The van der Waals surface area contributed by atoms with Gasteiger partial charge in [-0.05, 0) is 31.8 Å². The second kappa shape index (κ2) is 11.6. The first kappa shape index (κ1) is 26.5. The van der Waals surface area contributed by atoms with Gasteiger partial charge >= 0.3 is 0 Å². The van der Waals surface area contributed by atoms with Crippen LogP contribution in [0.4, 0.5) is 17.3 Å². The average Bonchev–Trinajstić information content (AvgIpc) is 3.23. The van der Waals surface area contributed by atoms with Crippen molar-refractivity contribution >= 4 is 45.9 Å².